The van der Waals surface area contributed by atoms with Crippen molar-refractivity contribution in [2.75, 3.05) is 20.1 Å². The summed E-state index contributed by atoms with van der Waals surface area (Å²) in [6.07, 6.45) is 8.06. The number of hydrogen-bond donors (Lipinski definition) is 1. The van der Waals surface area contributed by atoms with Gasteiger partial charge in [-0.05, 0) is 70.1 Å². The Kier molecular flexibility index (Phi) is 5.62. The number of likely N-dealkylation sites (tertiary alicyclic amines) is 1. The van der Waals surface area contributed by atoms with Crippen LogP contribution in [0.2, 0.25) is 5.02 Å². The van der Waals surface area contributed by atoms with Crippen molar-refractivity contribution >= 4 is 33.7 Å². The van der Waals surface area contributed by atoms with Gasteiger partial charge in [-0.15, -0.1) is 0 Å². The predicted molar refractivity (Wildman–Crippen MR) is 137 cm³/mol. The van der Waals surface area contributed by atoms with E-state index in [9.17, 15) is 0 Å². The first-order valence-electron chi connectivity index (χ1n) is 11.8. The van der Waals surface area contributed by atoms with Crippen LogP contribution in [0.1, 0.15) is 18.7 Å². The molecule has 9 heteroatoms. The lowest BCUT2D eigenvalue weighted by atomic mass is 9.97. The average molecular weight is 488 g/mol. The highest BCUT2D eigenvalue weighted by Gasteiger charge is 2.18. The summed E-state index contributed by atoms with van der Waals surface area (Å²) in [5, 5.41) is 5.00. The lowest BCUT2D eigenvalue weighted by molar-refractivity contribution is 0.201. The number of aromatic amines is 1. The molecule has 0 bridgehead atoms. The lowest BCUT2D eigenvalue weighted by Crippen LogP contribution is -2.31. The van der Waals surface area contributed by atoms with Gasteiger partial charge in [0.15, 0.2) is 0 Å². The molecule has 0 amide bonds. The molecule has 8 nitrogen and oxygen atoms in total. The molecule has 0 aliphatic carbocycles. The van der Waals surface area contributed by atoms with Crippen LogP contribution >= 0.6 is 11.6 Å². The number of piperidine rings is 1. The number of rotatable bonds is 5. The fourth-order valence-corrected chi connectivity index (χ4v) is 4.90. The second-order valence-electron chi connectivity index (χ2n) is 9.30. The molecule has 178 valence electrons. The Morgan fingerprint density at radius 3 is 2.77 bits per heavy atom. The lowest BCUT2D eigenvalue weighted by Gasteiger charge is -2.28. The van der Waals surface area contributed by atoms with Crippen molar-refractivity contribution in [1.29, 1.82) is 0 Å². The number of halogens is 1. The number of aryl methyl sites for hydroxylation is 1. The third-order valence-electron chi connectivity index (χ3n) is 6.63. The van der Waals surface area contributed by atoms with Gasteiger partial charge in [0, 0.05) is 24.4 Å². The summed E-state index contributed by atoms with van der Waals surface area (Å²) < 4.78 is 8.13. The molecule has 0 spiro atoms. The van der Waals surface area contributed by atoms with Gasteiger partial charge in [-0.1, -0.05) is 11.6 Å². The first-order chi connectivity index (χ1) is 17.0. The zero-order valence-corrected chi connectivity index (χ0v) is 20.5. The van der Waals surface area contributed by atoms with Gasteiger partial charge in [-0.2, -0.15) is 5.10 Å². The van der Waals surface area contributed by atoms with Crippen molar-refractivity contribution in [2.24, 2.45) is 5.92 Å². The molecule has 0 unspecified atom stereocenters. The van der Waals surface area contributed by atoms with Gasteiger partial charge in [0.2, 0.25) is 0 Å². The first-order valence-corrected chi connectivity index (χ1v) is 12.2. The first kappa shape index (κ1) is 22.0. The van der Waals surface area contributed by atoms with Crippen LogP contribution in [-0.2, 0) is 6.54 Å². The molecule has 1 fully saturated rings. The maximum atomic E-state index is 6.75. The van der Waals surface area contributed by atoms with Crippen LogP contribution in [0.3, 0.4) is 0 Å². The minimum Gasteiger partial charge on any atom is -0.456 e. The SMILES string of the molecule is Cc1nc2ccc(Oc3ccc4ncc(-c5cnn(CC6CCN(C)CC6)c5)nc4c3Cl)cc2[nH]1. The predicted octanol–water partition coefficient (Wildman–Crippen LogP) is 5.47. The van der Waals surface area contributed by atoms with Crippen molar-refractivity contribution in [3.8, 4) is 22.8 Å². The molecular weight excluding hydrogens is 462 g/mol. The summed E-state index contributed by atoms with van der Waals surface area (Å²) in [7, 11) is 2.18. The molecule has 6 rings (SSSR count). The molecule has 0 saturated carbocycles. The van der Waals surface area contributed by atoms with Gasteiger partial charge in [0.25, 0.3) is 0 Å². The van der Waals surface area contributed by atoms with E-state index in [0.29, 0.717) is 33.5 Å². The van der Waals surface area contributed by atoms with Crippen molar-refractivity contribution in [1.82, 2.24) is 34.6 Å². The molecule has 1 aliphatic rings. The van der Waals surface area contributed by atoms with Gasteiger partial charge in [0.05, 0.1) is 34.6 Å². The van der Waals surface area contributed by atoms with Crippen molar-refractivity contribution in [2.45, 2.75) is 26.3 Å². The van der Waals surface area contributed by atoms with E-state index < -0.39 is 0 Å². The summed E-state index contributed by atoms with van der Waals surface area (Å²) >= 11 is 6.75. The maximum Gasteiger partial charge on any atom is 0.148 e. The molecule has 1 aliphatic heterocycles. The number of hydrogen-bond acceptors (Lipinski definition) is 6. The van der Waals surface area contributed by atoms with E-state index in [4.69, 9.17) is 21.3 Å². The topological polar surface area (TPSA) is 84.8 Å². The number of fused-ring (bicyclic) bond motifs is 2. The van der Waals surface area contributed by atoms with Crippen molar-refractivity contribution < 1.29 is 4.74 Å². The van der Waals surface area contributed by atoms with E-state index in [-0.39, 0.29) is 0 Å². The smallest absolute Gasteiger partial charge is 0.148 e. The van der Waals surface area contributed by atoms with Gasteiger partial charge >= 0.3 is 0 Å². The molecule has 0 radical (unpaired) electrons. The molecule has 1 saturated heterocycles. The molecule has 3 aromatic heterocycles. The number of imidazole rings is 1. The van der Waals surface area contributed by atoms with Gasteiger partial charge in [-0.25, -0.2) is 9.97 Å². The summed E-state index contributed by atoms with van der Waals surface area (Å²) in [6.45, 7) is 5.14. The standard InChI is InChI=1S/C26H26ClN7O/c1-16-30-20-4-3-19(11-22(20)31-16)35-24-6-5-21-26(25(24)27)32-23(13-28-21)18-12-29-34(15-18)14-17-7-9-33(2)10-8-17/h3-6,11-13,15,17H,7-10,14H2,1-2H3,(H,30,31). The van der Waals surface area contributed by atoms with E-state index in [1.54, 1.807) is 6.20 Å². The average Bonchev–Trinajstić information content (AvgIpc) is 3.47. The third kappa shape index (κ3) is 4.47. The number of ether oxygens (including phenoxy) is 1. The van der Waals surface area contributed by atoms with Crippen LogP contribution in [0.4, 0.5) is 0 Å². The van der Waals surface area contributed by atoms with Crippen LogP contribution in [0, 0.1) is 12.8 Å². The summed E-state index contributed by atoms with van der Waals surface area (Å²) in [4.78, 5) is 19.4. The van der Waals surface area contributed by atoms with Gasteiger partial charge < -0.3 is 14.6 Å². The van der Waals surface area contributed by atoms with Crippen LogP contribution in [0.25, 0.3) is 33.3 Å². The number of nitrogens with one attached hydrogen (secondary N) is 1. The van der Waals surface area contributed by atoms with Crippen LogP contribution in [0.15, 0.2) is 48.9 Å². The minimum atomic E-state index is 0.427. The Bertz CT molecular complexity index is 1520. The van der Waals surface area contributed by atoms with Crippen LogP contribution < -0.4 is 4.74 Å². The summed E-state index contributed by atoms with van der Waals surface area (Å²) in [6, 6.07) is 9.40. The zero-order valence-electron chi connectivity index (χ0n) is 19.7. The fraction of sp³-hybridized carbons (Fsp3) is 0.308. The Morgan fingerprint density at radius 2 is 1.91 bits per heavy atom. The molecule has 0 atom stereocenters. The maximum absolute atomic E-state index is 6.75. The summed E-state index contributed by atoms with van der Waals surface area (Å²) in [5.41, 5.74) is 4.78. The highest BCUT2D eigenvalue weighted by Crippen LogP contribution is 2.35. The van der Waals surface area contributed by atoms with E-state index in [1.165, 1.54) is 12.8 Å². The Labute approximate surface area is 207 Å². The fourth-order valence-electron chi connectivity index (χ4n) is 4.66. The van der Waals surface area contributed by atoms with Crippen LogP contribution in [-0.4, -0.2) is 54.8 Å². The van der Waals surface area contributed by atoms with E-state index >= 15 is 0 Å². The molecule has 35 heavy (non-hydrogen) atoms. The van der Waals surface area contributed by atoms with E-state index in [0.717, 1.165) is 47.7 Å². The second kappa shape index (κ2) is 8.94. The molecule has 2 aromatic carbocycles. The number of H-pyrrole nitrogens is 1. The largest absolute Gasteiger partial charge is 0.456 e. The highest BCUT2D eigenvalue weighted by molar-refractivity contribution is 6.36. The number of benzene rings is 2. The zero-order chi connectivity index (χ0) is 23.9. The van der Waals surface area contributed by atoms with Crippen molar-refractivity contribution in [3.05, 3.63) is 59.8 Å². The highest BCUT2D eigenvalue weighted by atomic mass is 35.5. The summed E-state index contributed by atoms with van der Waals surface area (Å²) in [5.74, 6) is 2.71. The molecule has 1 N–H and O–H groups in total. The minimum absolute atomic E-state index is 0.427. The third-order valence-corrected chi connectivity index (χ3v) is 6.99. The quantitative estimate of drug-likeness (QED) is 0.354. The molecular formula is C26H26ClN7O. The Morgan fingerprint density at radius 1 is 1.09 bits per heavy atom. The van der Waals surface area contributed by atoms with Gasteiger partial charge in [0.1, 0.15) is 27.9 Å². The van der Waals surface area contributed by atoms with Crippen LogP contribution in [0.5, 0.6) is 11.5 Å². The molecule has 5 aromatic rings. The second-order valence-corrected chi connectivity index (χ2v) is 9.68. The molecule has 4 heterocycles. The van der Waals surface area contributed by atoms with E-state index in [2.05, 4.69) is 32.0 Å². The number of nitrogens with zero attached hydrogens (tertiary/aromatic N) is 6. The van der Waals surface area contributed by atoms with E-state index in [1.807, 2.05) is 54.3 Å². The number of aromatic nitrogens is 6. The monoisotopic (exact) mass is 487 g/mol. The Balaban J connectivity index is 1.25. The normalized spacial score (nSPS) is 15.3. The van der Waals surface area contributed by atoms with Gasteiger partial charge in [-0.3, -0.25) is 9.67 Å². The Hall–Kier alpha value is -3.49. The van der Waals surface area contributed by atoms with Crippen molar-refractivity contribution in [3.63, 3.8) is 0 Å².